The molecule has 0 bridgehead atoms. The van der Waals surface area contributed by atoms with E-state index in [1.165, 1.54) is 0 Å². The Morgan fingerprint density at radius 3 is 1.56 bits per heavy atom. The summed E-state index contributed by atoms with van der Waals surface area (Å²) in [5.74, 6) is -0.748. The number of benzene rings is 1. The molecule has 0 radical (unpaired) electrons. The summed E-state index contributed by atoms with van der Waals surface area (Å²) in [5.41, 5.74) is 0.952. The van der Waals surface area contributed by atoms with Crippen LogP contribution in [0.3, 0.4) is 0 Å². The minimum Gasteiger partial charge on any atom is -0.465 e. The lowest BCUT2D eigenvalue weighted by Crippen LogP contribution is -2.48. The Bertz CT molecular complexity index is 825. The fraction of sp³-hybridized carbons (Fsp3) is 0.690. The quantitative estimate of drug-likeness (QED) is 0.211. The Hall–Kier alpha value is -2.53. The van der Waals surface area contributed by atoms with Crippen molar-refractivity contribution in [1.82, 2.24) is 20.0 Å². The number of hydrogen-bond acceptors (Lipinski definition) is 10. The molecule has 1 aliphatic rings. The highest BCUT2D eigenvalue weighted by Crippen LogP contribution is 2.03. The number of rotatable bonds is 14. The molecule has 1 aromatic rings. The number of nitrogens with one attached hydrogen (secondary N) is 1. The van der Waals surface area contributed by atoms with E-state index in [9.17, 15) is 14.4 Å². The van der Waals surface area contributed by atoms with Crippen LogP contribution in [0.4, 0.5) is 0 Å². The van der Waals surface area contributed by atoms with Crippen LogP contribution in [0.5, 0.6) is 0 Å². The highest BCUT2D eigenvalue weighted by Gasteiger charge is 2.20. The summed E-state index contributed by atoms with van der Waals surface area (Å²) in [5, 5.41) is 3.42. The first-order valence-corrected chi connectivity index (χ1v) is 14.4. The maximum atomic E-state index is 12.6. The molecule has 10 heteroatoms. The van der Waals surface area contributed by atoms with Gasteiger partial charge in [-0.3, -0.25) is 29.1 Å². The van der Waals surface area contributed by atoms with E-state index in [4.69, 9.17) is 14.2 Å². The smallest absolute Gasteiger partial charge is 0.320 e. The minimum absolute atomic E-state index is 0.170. The van der Waals surface area contributed by atoms with Gasteiger partial charge in [0.05, 0.1) is 32.8 Å². The van der Waals surface area contributed by atoms with Gasteiger partial charge < -0.3 is 19.5 Å². The van der Waals surface area contributed by atoms with Crippen LogP contribution in [0, 0.1) is 0 Å². The molecular weight excluding hydrogens is 500 g/mol. The normalized spacial score (nSPS) is 16.6. The Balaban J connectivity index is 1.95. The van der Waals surface area contributed by atoms with E-state index in [2.05, 4.69) is 29.0 Å². The molecule has 220 valence electrons. The Kier molecular flexibility index (Phi) is 17.1. The fourth-order valence-electron chi connectivity index (χ4n) is 4.06. The monoisotopic (exact) mass is 548 g/mol. The van der Waals surface area contributed by atoms with Gasteiger partial charge in [0.1, 0.15) is 6.61 Å². The predicted molar refractivity (Wildman–Crippen MR) is 150 cm³/mol. The average molecular weight is 549 g/mol. The van der Waals surface area contributed by atoms with E-state index < -0.39 is 0 Å². The van der Waals surface area contributed by atoms with Gasteiger partial charge in [-0.05, 0) is 18.4 Å². The third-order valence-corrected chi connectivity index (χ3v) is 6.50. The zero-order chi connectivity index (χ0) is 28.1. The largest absolute Gasteiger partial charge is 0.465 e. The molecule has 1 aliphatic heterocycles. The molecule has 1 N–H and O–H groups in total. The lowest BCUT2D eigenvalue weighted by Gasteiger charge is -2.30. The highest BCUT2D eigenvalue weighted by molar-refractivity contribution is 5.72. The maximum Gasteiger partial charge on any atom is 0.320 e. The van der Waals surface area contributed by atoms with Crippen molar-refractivity contribution in [2.24, 2.45) is 0 Å². The van der Waals surface area contributed by atoms with Crippen LogP contribution in [0.25, 0.3) is 0 Å². The summed E-state index contributed by atoms with van der Waals surface area (Å²) in [6.07, 6.45) is 3.64. The van der Waals surface area contributed by atoms with E-state index in [0.717, 1.165) is 31.2 Å². The summed E-state index contributed by atoms with van der Waals surface area (Å²) in [6, 6.07) is 9.63. The molecular formula is C29H48N4O6. The van der Waals surface area contributed by atoms with E-state index in [0.29, 0.717) is 65.6 Å². The topological polar surface area (TPSA) is 101 Å². The number of unbranched alkanes of at least 4 members (excludes halogenated alkanes) is 2. The van der Waals surface area contributed by atoms with Gasteiger partial charge in [-0.1, -0.05) is 57.0 Å². The van der Waals surface area contributed by atoms with Crippen LogP contribution >= 0.6 is 0 Å². The maximum absolute atomic E-state index is 12.6. The standard InChI is InChI=1S/C29H48N4O6/c1-3-5-20-37-27(34)22-31-14-12-30-13-15-32(24-29(36)39-25-26-10-8-7-9-11-26)17-19-33(18-16-31)23-28(35)38-21-6-4-2/h7-11,30H,3-6,12-25H2,1-2H3. The number of nitrogens with zero attached hydrogens (tertiary/aromatic N) is 3. The molecule has 0 aromatic heterocycles. The van der Waals surface area contributed by atoms with Crippen molar-refractivity contribution in [2.75, 3.05) is 85.2 Å². The average Bonchev–Trinajstić information content (AvgIpc) is 2.92. The first-order valence-electron chi connectivity index (χ1n) is 14.4. The van der Waals surface area contributed by atoms with E-state index in [1.54, 1.807) is 0 Å². The zero-order valence-electron chi connectivity index (χ0n) is 23.9. The van der Waals surface area contributed by atoms with E-state index >= 15 is 0 Å². The zero-order valence-corrected chi connectivity index (χ0v) is 23.9. The van der Waals surface area contributed by atoms with Gasteiger partial charge in [-0.2, -0.15) is 0 Å². The van der Waals surface area contributed by atoms with Crippen molar-refractivity contribution in [3.05, 3.63) is 35.9 Å². The minimum atomic E-state index is -0.274. The number of hydrogen-bond donors (Lipinski definition) is 1. The summed E-state index contributed by atoms with van der Waals surface area (Å²) in [6.45, 7) is 10.9. The van der Waals surface area contributed by atoms with Crippen molar-refractivity contribution in [2.45, 2.75) is 46.1 Å². The van der Waals surface area contributed by atoms with Gasteiger partial charge in [0.25, 0.3) is 0 Å². The second-order valence-electron chi connectivity index (χ2n) is 9.87. The first kappa shape index (κ1) is 32.7. The SMILES string of the molecule is CCCCOC(=O)CN1CCNCCN(CC(=O)OCc2ccccc2)CCN(CC(=O)OCCCC)CC1. The Morgan fingerprint density at radius 2 is 1.10 bits per heavy atom. The molecule has 1 aromatic carbocycles. The van der Waals surface area contributed by atoms with Gasteiger partial charge in [-0.15, -0.1) is 0 Å². The van der Waals surface area contributed by atoms with Gasteiger partial charge in [0.15, 0.2) is 0 Å². The summed E-state index contributed by atoms with van der Waals surface area (Å²) in [4.78, 5) is 43.6. The lowest BCUT2D eigenvalue weighted by atomic mass is 10.2. The van der Waals surface area contributed by atoms with E-state index in [1.807, 2.05) is 35.2 Å². The molecule has 0 spiro atoms. The van der Waals surface area contributed by atoms with Crippen LogP contribution in [0.15, 0.2) is 30.3 Å². The summed E-state index contributed by atoms with van der Waals surface area (Å²) < 4.78 is 16.3. The van der Waals surface area contributed by atoms with Crippen LogP contribution in [-0.2, 0) is 35.2 Å². The molecule has 1 saturated heterocycles. The fourth-order valence-corrected chi connectivity index (χ4v) is 4.06. The predicted octanol–water partition coefficient (Wildman–Crippen LogP) is 1.93. The molecule has 0 aliphatic carbocycles. The number of ether oxygens (including phenoxy) is 3. The number of carbonyl (C=O) groups is 3. The van der Waals surface area contributed by atoms with Crippen LogP contribution in [0.2, 0.25) is 0 Å². The second kappa shape index (κ2) is 20.4. The molecule has 10 nitrogen and oxygen atoms in total. The van der Waals surface area contributed by atoms with Gasteiger partial charge in [0.2, 0.25) is 0 Å². The third kappa shape index (κ3) is 15.6. The summed E-state index contributed by atoms with van der Waals surface area (Å²) in [7, 11) is 0. The molecule has 0 saturated carbocycles. The van der Waals surface area contributed by atoms with Gasteiger partial charge in [-0.25, -0.2) is 0 Å². The summed E-state index contributed by atoms with van der Waals surface area (Å²) >= 11 is 0. The molecule has 1 fully saturated rings. The first-order chi connectivity index (χ1) is 19.0. The molecule has 0 unspecified atom stereocenters. The second-order valence-corrected chi connectivity index (χ2v) is 9.87. The molecule has 2 rings (SSSR count). The van der Waals surface area contributed by atoms with Crippen molar-refractivity contribution in [3.8, 4) is 0 Å². The van der Waals surface area contributed by atoms with Crippen molar-refractivity contribution in [1.29, 1.82) is 0 Å². The molecule has 39 heavy (non-hydrogen) atoms. The molecule has 0 amide bonds. The van der Waals surface area contributed by atoms with Crippen molar-refractivity contribution >= 4 is 17.9 Å². The van der Waals surface area contributed by atoms with Crippen LogP contribution in [-0.4, -0.2) is 118 Å². The van der Waals surface area contributed by atoms with Gasteiger partial charge >= 0.3 is 17.9 Å². The highest BCUT2D eigenvalue weighted by atomic mass is 16.5. The van der Waals surface area contributed by atoms with E-state index in [-0.39, 0.29) is 44.1 Å². The lowest BCUT2D eigenvalue weighted by molar-refractivity contribution is -0.147. The van der Waals surface area contributed by atoms with Crippen LogP contribution < -0.4 is 5.32 Å². The Labute approximate surface area is 233 Å². The molecule has 1 heterocycles. The third-order valence-electron chi connectivity index (χ3n) is 6.50. The van der Waals surface area contributed by atoms with Crippen molar-refractivity contribution in [3.63, 3.8) is 0 Å². The van der Waals surface area contributed by atoms with Crippen molar-refractivity contribution < 1.29 is 28.6 Å². The number of carbonyl (C=O) groups excluding carboxylic acids is 3. The van der Waals surface area contributed by atoms with Gasteiger partial charge in [0, 0.05) is 52.4 Å². The number of esters is 3. The van der Waals surface area contributed by atoms with Crippen LogP contribution in [0.1, 0.15) is 45.1 Å². The Morgan fingerprint density at radius 1 is 0.667 bits per heavy atom. The molecule has 0 atom stereocenters.